The molecule has 0 heterocycles. The molecule has 0 aliphatic rings. The Kier molecular flexibility index (Phi) is 2.92. The molecule has 0 saturated heterocycles. The zero-order chi connectivity index (χ0) is 10.8. The van der Waals surface area contributed by atoms with Crippen molar-refractivity contribution in [3.8, 4) is 0 Å². The summed E-state index contributed by atoms with van der Waals surface area (Å²) in [4.78, 5) is 0. The van der Waals surface area contributed by atoms with Gasteiger partial charge in [-0.05, 0) is 18.2 Å². The molecule has 0 spiro atoms. The molecule has 1 aromatic rings. The molecule has 0 atom stereocenters. The highest BCUT2D eigenvalue weighted by Gasteiger charge is 2.07. The van der Waals surface area contributed by atoms with E-state index in [1.165, 1.54) is 13.1 Å². The van der Waals surface area contributed by atoms with Crippen LogP contribution < -0.4 is 15.2 Å². The fraction of sp³-hybridized carbons (Fsp3) is 0.143. The summed E-state index contributed by atoms with van der Waals surface area (Å²) in [6, 6.07) is 3.44. The van der Waals surface area contributed by atoms with Gasteiger partial charge < -0.3 is 5.73 Å². The Bertz CT molecular complexity index is 412. The van der Waals surface area contributed by atoms with Crippen LogP contribution in [0.15, 0.2) is 18.2 Å². The fourth-order valence-corrected chi connectivity index (χ4v) is 1.41. The van der Waals surface area contributed by atoms with E-state index in [4.69, 9.17) is 5.73 Å². The van der Waals surface area contributed by atoms with E-state index in [-0.39, 0.29) is 11.4 Å². The van der Waals surface area contributed by atoms with Gasteiger partial charge in [-0.1, -0.05) is 0 Å². The SMILES string of the molecule is CNS(=O)(=O)Nc1cc(N)cc(F)c1. The van der Waals surface area contributed by atoms with E-state index in [2.05, 4.69) is 4.72 Å². The molecule has 0 amide bonds. The maximum absolute atomic E-state index is 12.8. The van der Waals surface area contributed by atoms with E-state index in [1.807, 2.05) is 4.72 Å². The van der Waals surface area contributed by atoms with Gasteiger partial charge in [-0.25, -0.2) is 9.11 Å². The lowest BCUT2D eigenvalue weighted by atomic mass is 10.3. The Labute approximate surface area is 81.3 Å². The first-order valence-electron chi connectivity index (χ1n) is 3.70. The average Bonchev–Trinajstić information content (AvgIpc) is 2.01. The number of hydrogen-bond donors (Lipinski definition) is 3. The van der Waals surface area contributed by atoms with Crippen LogP contribution >= 0.6 is 0 Å². The van der Waals surface area contributed by atoms with Gasteiger partial charge in [0.1, 0.15) is 5.82 Å². The van der Waals surface area contributed by atoms with Crippen LogP contribution in [0.5, 0.6) is 0 Å². The van der Waals surface area contributed by atoms with Crippen molar-refractivity contribution in [2.45, 2.75) is 0 Å². The predicted molar refractivity (Wildman–Crippen MR) is 52.4 cm³/mol. The minimum Gasteiger partial charge on any atom is -0.399 e. The Morgan fingerprint density at radius 1 is 1.36 bits per heavy atom. The van der Waals surface area contributed by atoms with Crippen molar-refractivity contribution in [1.82, 2.24) is 4.72 Å². The lowest BCUT2D eigenvalue weighted by Crippen LogP contribution is -2.26. The molecule has 0 unspecified atom stereocenters. The monoisotopic (exact) mass is 219 g/mol. The van der Waals surface area contributed by atoms with E-state index in [1.54, 1.807) is 0 Å². The van der Waals surface area contributed by atoms with Crippen molar-refractivity contribution >= 4 is 21.6 Å². The fourth-order valence-electron chi connectivity index (χ4n) is 0.877. The van der Waals surface area contributed by atoms with Crippen LogP contribution in [0.3, 0.4) is 0 Å². The highest BCUT2D eigenvalue weighted by molar-refractivity contribution is 7.90. The summed E-state index contributed by atoms with van der Waals surface area (Å²) >= 11 is 0. The number of rotatable bonds is 3. The number of halogens is 1. The van der Waals surface area contributed by atoms with Gasteiger partial charge in [0.15, 0.2) is 0 Å². The molecule has 1 aromatic carbocycles. The summed E-state index contributed by atoms with van der Waals surface area (Å²) in [6.45, 7) is 0. The summed E-state index contributed by atoms with van der Waals surface area (Å²) in [5.41, 5.74) is 5.56. The molecule has 0 aromatic heterocycles. The number of nitrogen functional groups attached to an aromatic ring is 1. The van der Waals surface area contributed by atoms with Crippen LogP contribution in [0, 0.1) is 5.82 Å². The van der Waals surface area contributed by atoms with Crippen molar-refractivity contribution < 1.29 is 12.8 Å². The smallest absolute Gasteiger partial charge is 0.298 e. The van der Waals surface area contributed by atoms with Gasteiger partial charge >= 0.3 is 0 Å². The molecular formula is C7H10FN3O2S. The lowest BCUT2D eigenvalue weighted by Gasteiger charge is -2.06. The molecular weight excluding hydrogens is 209 g/mol. The highest BCUT2D eigenvalue weighted by atomic mass is 32.2. The van der Waals surface area contributed by atoms with Crippen molar-refractivity contribution in [3.63, 3.8) is 0 Å². The first-order valence-corrected chi connectivity index (χ1v) is 5.18. The molecule has 0 bridgehead atoms. The minimum absolute atomic E-state index is 0.0804. The molecule has 4 N–H and O–H groups in total. The number of nitrogens with one attached hydrogen (secondary N) is 2. The van der Waals surface area contributed by atoms with E-state index in [9.17, 15) is 12.8 Å². The zero-order valence-electron chi connectivity index (χ0n) is 7.41. The second kappa shape index (κ2) is 3.81. The summed E-state index contributed by atoms with van der Waals surface area (Å²) in [7, 11) is -2.39. The van der Waals surface area contributed by atoms with Crippen LogP contribution in [0.2, 0.25) is 0 Å². The van der Waals surface area contributed by atoms with Crippen LogP contribution in [-0.4, -0.2) is 15.5 Å². The lowest BCUT2D eigenvalue weighted by molar-refractivity contribution is 0.593. The van der Waals surface area contributed by atoms with E-state index in [0.717, 1.165) is 12.1 Å². The third kappa shape index (κ3) is 2.86. The second-order valence-corrected chi connectivity index (χ2v) is 4.20. The van der Waals surface area contributed by atoms with E-state index >= 15 is 0 Å². The number of anilines is 2. The first kappa shape index (κ1) is 10.7. The van der Waals surface area contributed by atoms with Crippen molar-refractivity contribution in [3.05, 3.63) is 24.0 Å². The zero-order valence-corrected chi connectivity index (χ0v) is 8.23. The molecule has 0 radical (unpaired) electrons. The Morgan fingerprint density at radius 3 is 2.50 bits per heavy atom. The van der Waals surface area contributed by atoms with Gasteiger partial charge in [-0.3, -0.25) is 4.72 Å². The predicted octanol–water partition coefficient (Wildman–Crippen LogP) is 0.284. The van der Waals surface area contributed by atoms with Crippen molar-refractivity contribution in [2.24, 2.45) is 0 Å². The molecule has 1 rings (SSSR count). The number of benzene rings is 1. The highest BCUT2D eigenvalue weighted by Crippen LogP contribution is 2.15. The molecule has 7 heteroatoms. The summed E-state index contributed by atoms with van der Waals surface area (Å²) in [5.74, 6) is -0.598. The molecule has 0 aliphatic carbocycles. The van der Waals surface area contributed by atoms with Crippen LogP contribution in [0.1, 0.15) is 0 Å². The second-order valence-electron chi connectivity index (χ2n) is 2.58. The van der Waals surface area contributed by atoms with Crippen LogP contribution in [0.4, 0.5) is 15.8 Å². The minimum atomic E-state index is -3.63. The van der Waals surface area contributed by atoms with Gasteiger partial charge in [0.05, 0.1) is 5.69 Å². The molecule has 0 fully saturated rings. The van der Waals surface area contributed by atoms with Gasteiger partial charge in [0.2, 0.25) is 0 Å². The van der Waals surface area contributed by atoms with Crippen LogP contribution in [-0.2, 0) is 10.2 Å². The quantitative estimate of drug-likeness (QED) is 0.638. The third-order valence-electron chi connectivity index (χ3n) is 1.44. The largest absolute Gasteiger partial charge is 0.399 e. The maximum Gasteiger partial charge on any atom is 0.298 e. The van der Waals surface area contributed by atoms with Gasteiger partial charge in [-0.2, -0.15) is 8.42 Å². The molecule has 0 aliphatic heterocycles. The van der Waals surface area contributed by atoms with Gasteiger partial charge in [-0.15, -0.1) is 0 Å². The topological polar surface area (TPSA) is 84.2 Å². The first-order chi connectivity index (χ1) is 6.43. The number of hydrogen-bond acceptors (Lipinski definition) is 3. The van der Waals surface area contributed by atoms with E-state index in [0.29, 0.717) is 0 Å². The van der Waals surface area contributed by atoms with Crippen molar-refractivity contribution in [2.75, 3.05) is 17.5 Å². The van der Waals surface area contributed by atoms with Crippen molar-refractivity contribution in [1.29, 1.82) is 0 Å². The standard InChI is InChI=1S/C7H10FN3O2S/c1-10-14(12,13)11-7-3-5(8)2-6(9)4-7/h2-4,10-11H,9H2,1H3. The average molecular weight is 219 g/mol. The molecule has 14 heavy (non-hydrogen) atoms. The Hall–Kier alpha value is -1.34. The Morgan fingerprint density at radius 2 is 2.00 bits per heavy atom. The van der Waals surface area contributed by atoms with Crippen LogP contribution in [0.25, 0.3) is 0 Å². The Balaban J connectivity index is 2.98. The van der Waals surface area contributed by atoms with E-state index < -0.39 is 16.0 Å². The summed E-state index contributed by atoms with van der Waals surface area (Å²) in [5, 5.41) is 0. The molecule has 0 saturated carbocycles. The summed E-state index contributed by atoms with van der Waals surface area (Å²) in [6.07, 6.45) is 0. The van der Waals surface area contributed by atoms with Gasteiger partial charge in [0, 0.05) is 12.7 Å². The normalized spacial score (nSPS) is 11.3. The van der Waals surface area contributed by atoms with Gasteiger partial charge in [0.25, 0.3) is 10.2 Å². The number of nitrogens with two attached hydrogens (primary N) is 1. The third-order valence-corrected chi connectivity index (χ3v) is 2.48. The maximum atomic E-state index is 12.8. The molecule has 5 nitrogen and oxygen atoms in total. The summed E-state index contributed by atoms with van der Waals surface area (Å²) < 4.78 is 38.9. The molecule has 78 valence electrons.